The monoisotopic (exact) mass is 165 g/mol. The summed E-state index contributed by atoms with van der Waals surface area (Å²) in [5, 5.41) is 0. The molecule has 1 heterocycles. The van der Waals surface area contributed by atoms with Crippen molar-refractivity contribution in [1.29, 1.82) is 0 Å². The van der Waals surface area contributed by atoms with Crippen LogP contribution in [0.5, 0.6) is 0 Å². The highest BCUT2D eigenvalue weighted by molar-refractivity contribution is 6.42. The van der Waals surface area contributed by atoms with E-state index < -0.39 is 0 Å². The second kappa shape index (κ2) is 3.25. The van der Waals surface area contributed by atoms with Gasteiger partial charge in [-0.15, -0.1) is 0 Å². The standard InChI is InChI=1S/C9H16BNO/c1-9(2,3)12-10-6-5-7-11(4)8-10/h5-8H,1-4H3. The fourth-order valence-corrected chi connectivity index (χ4v) is 1.10. The van der Waals surface area contributed by atoms with E-state index in [0.717, 1.165) is 0 Å². The van der Waals surface area contributed by atoms with Gasteiger partial charge in [0.1, 0.15) is 13.6 Å². The van der Waals surface area contributed by atoms with Gasteiger partial charge in [0.25, 0.3) is 0 Å². The first-order valence-electron chi connectivity index (χ1n) is 4.24. The number of rotatable bonds is 1. The summed E-state index contributed by atoms with van der Waals surface area (Å²) < 4.78 is 7.76. The van der Waals surface area contributed by atoms with Gasteiger partial charge in [-0.3, -0.25) is 0 Å². The van der Waals surface area contributed by atoms with E-state index in [9.17, 15) is 0 Å². The molecule has 0 amide bonds. The van der Waals surface area contributed by atoms with Crippen LogP contribution in [-0.2, 0) is 7.05 Å². The second-order valence-electron chi connectivity index (χ2n) is 4.04. The van der Waals surface area contributed by atoms with E-state index in [1.165, 1.54) is 0 Å². The van der Waals surface area contributed by atoms with E-state index in [1.807, 2.05) is 35.9 Å². The number of nitrogens with zero attached hydrogens (tertiary/aromatic N) is 1. The molecule has 0 spiro atoms. The van der Waals surface area contributed by atoms with Crippen molar-refractivity contribution in [2.24, 2.45) is 7.05 Å². The van der Waals surface area contributed by atoms with Crippen molar-refractivity contribution in [3.63, 3.8) is 0 Å². The van der Waals surface area contributed by atoms with Crippen molar-refractivity contribution in [1.82, 2.24) is 0 Å². The van der Waals surface area contributed by atoms with E-state index in [0.29, 0.717) is 0 Å². The SMILES string of the molecule is C[n+]1ccc[b-](OC(C)(C)C)c1. The maximum atomic E-state index is 5.74. The third-order valence-electron chi connectivity index (χ3n) is 1.49. The highest BCUT2D eigenvalue weighted by Crippen LogP contribution is 2.00. The third-order valence-corrected chi connectivity index (χ3v) is 1.49. The summed E-state index contributed by atoms with van der Waals surface area (Å²) in [6.07, 6.45) is 4.05. The third kappa shape index (κ3) is 3.03. The lowest BCUT2D eigenvalue weighted by Crippen LogP contribution is -2.37. The van der Waals surface area contributed by atoms with Gasteiger partial charge in [0.15, 0.2) is 6.20 Å². The van der Waals surface area contributed by atoms with Gasteiger partial charge in [-0.05, 0) is 26.8 Å². The van der Waals surface area contributed by atoms with Gasteiger partial charge in [-0.1, -0.05) is 0 Å². The molecule has 0 radical (unpaired) electrons. The zero-order valence-electron chi connectivity index (χ0n) is 8.24. The van der Waals surface area contributed by atoms with E-state index >= 15 is 0 Å². The average Bonchev–Trinajstić information content (AvgIpc) is 1.82. The van der Waals surface area contributed by atoms with Crippen LogP contribution in [0.1, 0.15) is 20.8 Å². The maximum absolute atomic E-state index is 5.74. The number of hydrogen-bond acceptors (Lipinski definition) is 1. The van der Waals surface area contributed by atoms with Crippen LogP contribution >= 0.6 is 0 Å². The van der Waals surface area contributed by atoms with Crippen LogP contribution < -0.4 is 9.22 Å². The molecule has 0 saturated heterocycles. The fourth-order valence-electron chi connectivity index (χ4n) is 1.10. The van der Waals surface area contributed by atoms with Gasteiger partial charge in [-0.25, -0.2) is 10.5 Å². The van der Waals surface area contributed by atoms with Crippen LogP contribution in [0.25, 0.3) is 0 Å². The maximum Gasteiger partial charge on any atom is 0.161 e. The largest absolute Gasteiger partial charge is 0.741 e. The highest BCUT2D eigenvalue weighted by atomic mass is 16.5. The van der Waals surface area contributed by atoms with Crippen molar-refractivity contribution in [3.8, 4) is 0 Å². The van der Waals surface area contributed by atoms with Crippen LogP contribution in [0.2, 0.25) is 0 Å². The van der Waals surface area contributed by atoms with Gasteiger partial charge in [0, 0.05) is 11.7 Å². The number of aromatic nitrogens is 1. The van der Waals surface area contributed by atoms with Crippen LogP contribution in [-0.4, -0.2) is 12.1 Å². The lowest BCUT2D eigenvalue weighted by molar-refractivity contribution is -0.669. The summed E-state index contributed by atoms with van der Waals surface area (Å²) in [5.74, 6) is 2.05. The molecular weight excluding hydrogens is 149 g/mol. The molecule has 1 aromatic rings. The first kappa shape index (κ1) is 9.23. The number of hydrogen-bond donors (Lipinski definition) is 0. The smallest absolute Gasteiger partial charge is 0.161 e. The predicted octanol–water partition coefficient (Wildman–Crippen LogP) is 0.764. The van der Waals surface area contributed by atoms with Crippen molar-refractivity contribution < 1.29 is 9.22 Å². The molecule has 1 aromatic heterocycles. The molecule has 0 N–H and O–H groups in total. The lowest BCUT2D eigenvalue weighted by atomic mass is 9.87. The Morgan fingerprint density at radius 2 is 2.00 bits per heavy atom. The van der Waals surface area contributed by atoms with E-state index in [-0.39, 0.29) is 12.1 Å². The molecule has 0 aromatic carbocycles. The molecule has 2 nitrogen and oxygen atoms in total. The quantitative estimate of drug-likeness (QED) is 0.560. The number of aryl methyl sites for hydroxylation is 1. The predicted molar refractivity (Wildman–Crippen MR) is 49.9 cm³/mol. The van der Waals surface area contributed by atoms with E-state index in [1.54, 1.807) is 0 Å². The first-order chi connectivity index (χ1) is 5.47. The van der Waals surface area contributed by atoms with E-state index in [2.05, 4.69) is 20.8 Å². The second-order valence-corrected chi connectivity index (χ2v) is 4.04. The molecule has 0 unspecified atom stereocenters. The Morgan fingerprint density at radius 3 is 2.50 bits per heavy atom. The molecule has 0 saturated carbocycles. The zero-order valence-corrected chi connectivity index (χ0v) is 8.24. The van der Waals surface area contributed by atoms with Gasteiger partial charge in [-0.2, -0.15) is 0 Å². The Bertz CT molecular complexity index is 267. The minimum absolute atomic E-state index is 0.0797. The molecule has 66 valence electrons. The summed E-state index contributed by atoms with van der Waals surface area (Å²) in [4.78, 5) is 0. The summed E-state index contributed by atoms with van der Waals surface area (Å²) in [6, 6.07) is 2.01. The molecule has 0 aliphatic carbocycles. The Balaban J connectivity index is 2.77. The summed E-state index contributed by atoms with van der Waals surface area (Å²) in [7, 11) is 2.00. The average molecular weight is 165 g/mol. The van der Waals surface area contributed by atoms with Crippen LogP contribution in [0.4, 0.5) is 0 Å². The Labute approximate surface area is 74.3 Å². The van der Waals surface area contributed by atoms with Crippen molar-refractivity contribution in [3.05, 3.63) is 24.3 Å². The van der Waals surface area contributed by atoms with Crippen LogP contribution in [0.3, 0.4) is 0 Å². The van der Waals surface area contributed by atoms with Gasteiger partial charge < -0.3 is 4.65 Å². The van der Waals surface area contributed by atoms with Crippen molar-refractivity contribution in [2.75, 3.05) is 0 Å². The Hall–Kier alpha value is -0.855. The summed E-state index contributed by atoms with van der Waals surface area (Å²) in [5.41, 5.74) is -0.0797. The van der Waals surface area contributed by atoms with Crippen molar-refractivity contribution in [2.45, 2.75) is 26.4 Å². The van der Waals surface area contributed by atoms with Gasteiger partial charge in [0.05, 0.1) is 0 Å². The van der Waals surface area contributed by atoms with E-state index in [4.69, 9.17) is 4.65 Å². The lowest BCUT2D eigenvalue weighted by Gasteiger charge is -2.31. The normalized spacial score (nSPS) is 11.3. The molecule has 1 rings (SSSR count). The fraction of sp³-hybridized carbons (Fsp3) is 0.556. The zero-order chi connectivity index (χ0) is 9.19. The molecule has 0 aliphatic rings. The molecule has 0 atom stereocenters. The van der Waals surface area contributed by atoms with Crippen LogP contribution in [0.15, 0.2) is 24.3 Å². The van der Waals surface area contributed by atoms with Crippen molar-refractivity contribution >= 4 is 6.55 Å². The summed E-state index contributed by atoms with van der Waals surface area (Å²) >= 11 is 0. The van der Waals surface area contributed by atoms with Gasteiger partial charge >= 0.3 is 0 Å². The topological polar surface area (TPSA) is 13.1 Å². The molecule has 3 heteroatoms. The first-order valence-corrected chi connectivity index (χ1v) is 4.24. The Morgan fingerprint density at radius 1 is 1.33 bits per heavy atom. The molecule has 0 fully saturated rings. The van der Waals surface area contributed by atoms with Gasteiger partial charge in [0.2, 0.25) is 0 Å². The molecule has 0 bridgehead atoms. The minimum atomic E-state index is -0.0797. The molecular formula is C9H16BNO. The molecule has 12 heavy (non-hydrogen) atoms. The highest BCUT2D eigenvalue weighted by Gasteiger charge is 2.04. The molecule has 0 aliphatic heterocycles. The Kier molecular flexibility index (Phi) is 2.50. The summed E-state index contributed by atoms with van der Waals surface area (Å²) in [6.45, 7) is 6.30. The minimum Gasteiger partial charge on any atom is -0.741 e. The van der Waals surface area contributed by atoms with Crippen LogP contribution in [0, 0.1) is 0 Å².